The second-order valence-electron chi connectivity index (χ2n) is 8.73. The predicted molar refractivity (Wildman–Crippen MR) is 120 cm³/mol. The zero-order valence-electron chi connectivity index (χ0n) is 18.6. The number of pyridine rings is 1. The molecule has 0 saturated carbocycles. The molecule has 0 aromatic carbocycles. The summed E-state index contributed by atoms with van der Waals surface area (Å²) in [6.07, 6.45) is 6.73. The molecule has 3 aromatic rings. The number of aromatic nitrogens is 5. The Morgan fingerprint density at radius 1 is 1.12 bits per heavy atom. The Balaban J connectivity index is 1.20. The minimum Gasteiger partial charge on any atom is -0.477 e. The highest BCUT2D eigenvalue weighted by Gasteiger charge is 2.25. The van der Waals surface area contributed by atoms with Crippen molar-refractivity contribution in [3.8, 4) is 17.8 Å². The molecule has 1 aliphatic carbocycles. The Kier molecular flexibility index (Phi) is 5.48. The van der Waals surface area contributed by atoms with Crippen LogP contribution in [-0.4, -0.2) is 44.4 Å². The molecule has 5 rings (SSSR count). The van der Waals surface area contributed by atoms with E-state index in [1.807, 2.05) is 26.0 Å². The maximum absolute atomic E-state index is 9.61. The number of nitriles is 1. The highest BCUT2D eigenvalue weighted by atomic mass is 16.5. The second-order valence-corrected chi connectivity index (χ2v) is 8.73. The molecule has 4 heterocycles. The van der Waals surface area contributed by atoms with Crippen LogP contribution in [0.4, 0.5) is 5.82 Å². The van der Waals surface area contributed by atoms with Crippen LogP contribution in [0.1, 0.15) is 47.5 Å². The summed E-state index contributed by atoms with van der Waals surface area (Å²) in [6, 6.07) is 8.26. The van der Waals surface area contributed by atoms with Crippen LogP contribution in [0.25, 0.3) is 5.82 Å². The highest BCUT2D eigenvalue weighted by molar-refractivity contribution is 5.57. The van der Waals surface area contributed by atoms with Crippen molar-refractivity contribution in [1.29, 1.82) is 5.26 Å². The fraction of sp³-hybridized carbons (Fsp3) is 0.458. The Morgan fingerprint density at radius 3 is 2.72 bits per heavy atom. The van der Waals surface area contributed by atoms with E-state index in [1.165, 1.54) is 17.6 Å². The molecule has 8 heteroatoms. The van der Waals surface area contributed by atoms with E-state index >= 15 is 0 Å². The number of fused-ring (bicyclic) bond motifs is 1. The zero-order valence-corrected chi connectivity index (χ0v) is 18.6. The van der Waals surface area contributed by atoms with Crippen molar-refractivity contribution in [3.05, 3.63) is 52.7 Å². The monoisotopic (exact) mass is 429 g/mol. The zero-order chi connectivity index (χ0) is 22.1. The molecule has 0 N–H and O–H groups in total. The van der Waals surface area contributed by atoms with E-state index in [-0.39, 0.29) is 0 Å². The van der Waals surface area contributed by atoms with Crippen molar-refractivity contribution < 1.29 is 4.74 Å². The molecule has 1 fully saturated rings. The summed E-state index contributed by atoms with van der Waals surface area (Å²) < 4.78 is 7.83. The predicted octanol–water partition coefficient (Wildman–Crippen LogP) is 3.33. The number of aryl methyl sites for hydroxylation is 4. The second kappa shape index (κ2) is 8.58. The maximum Gasteiger partial charge on any atom is 0.218 e. The molecule has 0 spiro atoms. The van der Waals surface area contributed by atoms with Gasteiger partial charge < -0.3 is 9.64 Å². The summed E-state index contributed by atoms with van der Waals surface area (Å²) in [4.78, 5) is 15.7. The molecule has 8 nitrogen and oxygen atoms in total. The van der Waals surface area contributed by atoms with Gasteiger partial charge in [0.2, 0.25) is 5.88 Å². The number of rotatable bonds is 5. The largest absolute Gasteiger partial charge is 0.477 e. The molecule has 0 unspecified atom stereocenters. The average molecular weight is 430 g/mol. The first kappa shape index (κ1) is 20.4. The van der Waals surface area contributed by atoms with Crippen molar-refractivity contribution in [2.24, 2.45) is 5.92 Å². The van der Waals surface area contributed by atoms with E-state index in [0.29, 0.717) is 29.8 Å². The summed E-state index contributed by atoms with van der Waals surface area (Å²) in [6.45, 7) is 6.35. The average Bonchev–Trinajstić information content (AvgIpc) is 3.42. The number of ether oxygens (including phenoxy) is 1. The Labute approximate surface area is 187 Å². The maximum atomic E-state index is 9.61. The van der Waals surface area contributed by atoms with Gasteiger partial charge in [-0.15, -0.1) is 0 Å². The van der Waals surface area contributed by atoms with Crippen LogP contribution in [0.5, 0.6) is 5.88 Å². The smallest absolute Gasteiger partial charge is 0.218 e. The van der Waals surface area contributed by atoms with Crippen LogP contribution < -0.4 is 9.64 Å². The first-order chi connectivity index (χ1) is 15.6. The van der Waals surface area contributed by atoms with Gasteiger partial charge >= 0.3 is 0 Å². The first-order valence-corrected chi connectivity index (χ1v) is 11.3. The molecule has 0 atom stereocenters. The van der Waals surface area contributed by atoms with Gasteiger partial charge in [0.25, 0.3) is 0 Å². The van der Waals surface area contributed by atoms with Crippen molar-refractivity contribution in [2.45, 2.75) is 46.0 Å². The van der Waals surface area contributed by atoms with Gasteiger partial charge in [0, 0.05) is 30.5 Å². The number of hydrogen-bond acceptors (Lipinski definition) is 7. The van der Waals surface area contributed by atoms with Crippen LogP contribution >= 0.6 is 0 Å². The topological polar surface area (TPSA) is 92.8 Å². The number of piperidine rings is 1. The van der Waals surface area contributed by atoms with E-state index in [4.69, 9.17) is 9.72 Å². The SMILES string of the molecule is Cc1cc(C)n(-c2cc(OCC3CCN(c4nc5c(cc4C#N)CCC5)CC3)ncn2)n1. The molecule has 2 aliphatic rings. The van der Waals surface area contributed by atoms with Gasteiger partial charge in [0.05, 0.1) is 17.9 Å². The minimum absolute atomic E-state index is 0.443. The molecular formula is C24H27N7O. The van der Waals surface area contributed by atoms with Crippen molar-refractivity contribution in [1.82, 2.24) is 24.7 Å². The summed E-state index contributed by atoms with van der Waals surface area (Å²) in [5, 5.41) is 14.1. The summed E-state index contributed by atoms with van der Waals surface area (Å²) in [7, 11) is 0. The lowest BCUT2D eigenvalue weighted by molar-refractivity contribution is 0.215. The van der Waals surface area contributed by atoms with Gasteiger partial charge in [-0.3, -0.25) is 0 Å². The lowest BCUT2D eigenvalue weighted by atomic mass is 9.97. The minimum atomic E-state index is 0.443. The first-order valence-electron chi connectivity index (χ1n) is 11.3. The third-order valence-electron chi connectivity index (χ3n) is 6.39. The Bertz CT molecular complexity index is 1170. The molecule has 0 radical (unpaired) electrons. The van der Waals surface area contributed by atoms with Crippen molar-refractivity contribution in [2.75, 3.05) is 24.6 Å². The van der Waals surface area contributed by atoms with Gasteiger partial charge in [-0.25, -0.2) is 19.6 Å². The summed E-state index contributed by atoms with van der Waals surface area (Å²) >= 11 is 0. The van der Waals surface area contributed by atoms with E-state index in [0.717, 1.165) is 62.4 Å². The van der Waals surface area contributed by atoms with E-state index in [2.05, 4.69) is 32.1 Å². The van der Waals surface area contributed by atoms with E-state index in [1.54, 1.807) is 4.68 Å². The standard InChI is InChI=1S/C24H27N7O/c1-16-10-17(2)31(29-16)22-12-23(27-15-26-22)32-14-18-6-8-30(9-7-18)24-20(13-25)11-19-4-3-5-21(19)28-24/h10-12,15,18H,3-9,14H2,1-2H3. The molecule has 164 valence electrons. The Morgan fingerprint density at radius 2 is 1.97 bits per heavy atom. The van der Waals surface area contributed by atoms with Crippen molar-refractivity contribution in [3.63, 3.8) is 0 Å². The molecule has 1 saturated heterocycles. The lowest BCUT2D eigenvalue weighted by Gasteiger charge is -2.33. The van der Waals surface area contributed by atoms with Crippen LogP contribution in [0, 0.1) is 31.1 Å². The molecule has 3 aromatic heterocycles. The summed E-state index contributed by atoms with van der Waals surface area (Å²) in [5.41, 5.74) is 5.10. The molecule has 0 bridgehead atoms. The molecule has 1 aliphatic heterocycles. The Hall–Kier alpha value is -3.47. The van der Waals surface area contributed by atoms with Gasteiger partial charge in [0.1, 0.15) is 18.2 Å². The van der Waals surface area contributed by atoms with Crippen molar-refractivity contribution >= 4 is 5.82 Å². The van der Waals surface area contributed by atoms with Gasteiger partial charge in [0.15, 0.2) is 5.82 Å². The third kappa shape index (κ3) is 4.03. The van der Waals surface area contributed by atoms with Gasteiger partial charge in [-0.05, 0) is 69.6 Å². The molecule has 32 heavy (non-hydrogen) atoms. The van der Waals surface area contributed by atoms with Crippen LogP contribution in [-0.2, 0) is 12.8 Å². The summed E-state index contributed by atoms with van der Waals surface area (Å²) in [5.74, 6) is 2.58. The van der Waals surface area contributed by atoms with Crippen LogP contribution in [0.2, 0.25) is 0 Å². The van der Waals surface area contributed by atoms with Crippen LogP contribution in [0.15, 0.2) is 24.5 Å². The fourth-order valence-corrected chi connectivity index (χ4v) is 4.68. The lowest BCUT2D eigenvalue weighted by Crippen LogP contribution is -2.36. The van der Waals surface area contributed by atoms with E-state index in [9.17, 15) is 5.26 Å². The number of nitrogens with zero attached hydrogens (tertiary/aromatic N) is 7. The third-order valence-corrected chi connectivity index (χ3v) is 6.39. The number of anilines is 1. The normalized spacial score (nSPS) is 16.1. The quantitative estimate of drug-likeness (QED) is 0.614. The van der Waals surface area contributed by atoms with E-state index < -0.39 is 0 Å². The number of hydrogen-bond donors (Lipinski definition) is 0. The molecular weight excluding hydrogens is 402 g/mol. The van der Waals surface area contributed by atoms with Gasteiger partial charge in [-0.1, -0.05) is 0 Å². The fourth-order valence-electron chi connectivity index (χ4n) is 4.68. The van der Waals surface area contributed by atoms with Crippen LogP contribution in [0.3, 0.4) is 0 Å². The highest BCUT2D eigenvalue weighted by Crippen LogP contribution is 2.30. The molecule has 0 amide bonds. The van der Waals surface area contributed by atoms with Gasteiger partial charge in [-0.2, -0.15) is 10.4 Å².